The molecular weight excluding hydrogens is 256 g/mol. The predicted molar refractivity (Wildman–Crippen MR) is 89.5 cm³/mol. The van der Waals surface area contributed by atoms with Crippen LogP contribution in [0.15, 0.2) is 24.3 Å². The Balaban J connectivity index is 1.73. The number of fused-ring (bicyclic) bond motifs is 1. The quantitative estimate of drug-likeness (QED) is 0.910. The van der Waals surface area contributed by atoms with Crippen LogP contribution in [0, 0.1) is 5.41 Å². The molecule has 2 aliphatic rings. The summed E-state index contributed by atoms with van der Waals surface area (Å²) < 4.78 is 0. The Labute approximate surface area is 129 Å². The summed E-state index contributed by atoms with van der Waals surface area (Å²) in [6.45, 7) is 4.84. The summed E-state index contributed by atoms with van der Waals surface area (Å²) in [5, 5.41) is 3.56. The van der Waals surface area contributed by atoms with Crippen LogP contribution in [0.4, 0.5) is 0 Å². The van der Waals surface area contributed by atoms with Crippen molar-refractivity contribution in [3.8, 4) is 0 Å². The normalized spacial score (nSPS) is 28.8. The van der Waals surface area contributed by atoms with Crippen LogP contribution >= 0.6 is 0 Å². The molecule has 2 aliphatic carbocycles. The topological polar surface area (TPSA) is 15.3 Å². The zero-order valence-corrected chi connectivity index (χ0v) is 14.0. The fourth-order valence-corrected chi connectivity index (χ4v) is 4.36. The van der Waals surface area contributed by atoms with Gasteiger partial charge in [0.25, 0.3) is 0 Å². The zero-order valence-electron chi connectivity index (χ0n) is 14.0. The highest BCUT2D eigenvalue weighted by atomic mass is 15.2. The molecule has 1 aromatic carbocycles. The highest BCUT2D eigenvalue weighted by Gasteiger charge is 2.38. The molecule has 3 rings (SSSR count). The predicted octanol–water partition coefficient (Wildman–Crippen LogP) is 3.77. The lowest BCUT2D eigenvalue weighted by Crippen LogP contribution is -2.47. The summed E-state index contributed by atoms with van der Waals surface area (Å²) in [6.07, 6.45) is 6.63. The van der Waals surface area contributed by atoms with Crippen molar-refractivity contribution in [1.82, 2.24) is 10.2 Å². The first-order chi connectivity index (χ1) is 10.0. The molecule has 0 radical (unpaired) electrons. The van der Waals surface area contributed by atoms with Crippen LogP contribution in [0.2, 0.25) is 0 Å². The van der Waals surface area contributed by atoms with Crippen molar-refractivity contribution in [2.45, 2.75) is 64.1 Å². The van der Waals surface area contributed by atoms with Crippen molar-refractivity contribution in [2.75, 3.05) is 14.1 Å². The Morgan fingerprint density at radius 2 is 1.81 bits per heavy atom. The van der Waals surface area contributed by atoms with Gasteiger partial charge in [-0.2, -0.15) is 0 Å². The second kappa shape index (κ2) is 5.73. The van der Waals surface area contributed by atoms with E-state index >= 15 is 0 Å². The Bertz CT molecular complexity index is 484. The van der Waals surface area contributed by atoms with Crippen molar-refractivity contribution >= 4 is 0 Å². The largest absolute Gasteiger partial charge is 0.312 e. The van der Waals surface area contributed by atoms with Gasteiger partial charge in [0.05, 0.1) is 0 Å². The number of rotatable bonds is 3. The van der Waals surface area contributed by atoms with Gasteiger partial charge in [0.15, 0.2) is 0 Å². The van der Waals surface area contributed by atoms with Gasteiger partial charge in [-0.15, -0.1) is 0 Å². The van der Waals surface area contributed by atoms with Gasteiger partial charge in [-0.05, 0) is 62.7 Å². The molecule has 2 atom stereocenters. The van der Waals surface area contributed by atoms with Gasteiger partial charge in [0.2, 0.25) is 0 Å². The molecule has 0 saturated heterocycles. The van der Waals surface area contributed by atoms with Crippen molar-refractivity contribution in [2.24, 2.45) is 5.41 Å². The summed E-state index contributed by atoms with van der Waals surface area (Å²) in [4.78, 5) is 2.68. The van der Waals surface area contributed by atoms with E-state index in [2.05, 4.69) is 62.4 Å². The van der Waals surface area contributed by atoms with Gasteiger partial charge in [0.1, 0.15) is 0 Å². The monoisotopic (exact) mass is 286 g/mol. The molecule has 21 heavy (non-hydrogen) atoms. The summed E-state index contributed by atoms with van der Waals surface area (Å²) in [5.41, 5.74) is 3.59. The van der Waals surface area contributed by atoms with Crippen LogP contribution in [0.5, 0.6) is 0 Å². The second-order valence-corrected chi connectivity index (χ2v) is 7.80. The van der Waals surface area contributed by atoms with E-state index in [0.29, 0.717) is 17.5 Å². The highest BCUT2D eigenvalue weighted by molar-refractivity contribution is 5.37. The van der Waals surface area contributed by atoms with Crippen LogP contribution in [0.1, 0.15) is 56.7 Å². The van der Waals surface area contributed by atoms with E-state index in [0.717, 1.165) is 6.04 Å². The van der Waals surface area contributed by atoms with Gasteiger partial charge in [-0.25, -0.2) is 0 Å². The standard InChI is InChI=1S/C19H30N2/c1-19(2)11-9-15(10-12-19)21(4)17-13-14-7-5-6-8-16(14)18(17)20-3/h5-8,15,17-18,20H,9-13H2,1-4H3. The minimum absolute atomic E-state index is 0.487. The SMILES string of the molecule is CNC1c2ccccc2CC1N(C)C1CCC(C)(C)CC1. The molecule has 2 heteroatoms. The Hall–Kier alpha value is -0.860. The molecule has 2 unspecified atom stereocenters. The first-order valence-electron chi connectivity index (χ1n) is 8.49. The number of hydrogen-bond donors (Lipinski definition) is 1. The number of nitrogens with zero attached hydrogens (tertiary/aromatic N) is 1. The first kappa shape index (κ1) is 15.1. The average Bonchev–Trinajstić information content (AvgIpc) is 2.85. The van der Waals surface area contributed by atoms with E-state index in [4.69, 9.17) is 0 Å². The number of hydrogen-bond acceptors (Lipinski definition) is 2. The number of nitrogens with one attached hydrogen (secondary N) is 1. The van der Waals surface area contributed by atoms with Crippen LogP contribution in [0.25, 0.3) is 0 Å². The molecule has 116 valence electrons. The molecule has 1 fully saturated rings. The third-order valence-electron chi connectivity index (χ3n) is 5.92. The van der Waals surface area contributed by atoms with E-state index in [-0.39, 0.29) is 0 Å². The molecule has 1 N–H and O–H groups in total. The van der Waals surface area contributed by atoms with Crippen molar-refractivity contribution in [3.05, 3.63) is 35.4 Å². The zero-order chi connectivity index (χ0) is 15.0. The highest BCUT2D eigenvalue weighted by Crippen LogP contribution is 2.40. The van der Waals surface area contributed by atoms with Gasteiger partial charge < -0.3 is 5.32 Å². The van der Waals surface area contributed by atoms with E-state index in [1.54, 1.807) is 0 Å². The lowest BCUT2D eigenvalue weighted by atomic mass is 9.75. The molecule has 0 heterocycles. The number of likely N-dealkylation sites (N-methyl/N-ethyl adjacent to an activating group) is 2. The fourth-order valence-electron chi connectivity index (χ4n) is 4.36. The third-order valence-corrected chi connectivity index (χ3v) is 5.92. The Morgan fingerprint density at radius 1 is 1.14 bits per heavy atom. The second-order valence-electron chi connectivity index (χ2n) is 7.80. The molecule has 0 amide bonds. The van der Waals surface area contributed by atoms with Gasteiger partial charge in [-0.3, -0.25) is 4.90 Å². The van der Waals surface area contributed by atoms with E-state index in [1.807, 2.05) is 0 Å². The van der Waals surface area contributed by atoms with Crippen molar-refractivity contribution in [1.29, 1.82) is 0 Å². The van der Waals surface area contributed by atoms with Crippen molar-refractivity contribution < 1.29 is 0 Å². The summed E-state index contributed by atoms with van der Waals surface area (Å²) >= 11 is 0. The maximum Gasteiger partial charge on any atom is 0.0481 e. The lowest BCUT2D eigenvalue weighted by Gasteiger charge is -2.42. The maximum atomic E-state index is 3.56. The lowest BCUT2D eigenvalue weighted by molar-refractivity contribution is 0.0837. The molecule has 2 nitrogen and oxygen atoms in total. The molecular formula is C19H30N2. The van der Waals surface area contributed by atoms with Gasteiger partial charge >= 0.3 is 0 Å². The summed E-state index contributed by atoms with van der Waals surface area (Å²) in [6, 6.07) is 10.8. The Morgan fingerprint density at radius 3 is 2.48 bits per heavy atom. The summed E-state index contributed by atoms with van der Waals surface area (Å²) in [5.74, 6) is 0. The molecule has 0 aromatic heterocycles. The maximum absolute atomic E-state index is 3.56. The molecule has 1 saturated carbocycles. The number of benzene rings is 1. The molecule has 0 spiro atoms. The fraction of sp³-hybridized carbons (Fsp3) is 0.684. The van der Waals surface area contributed by atoms with Gasteiger partial charge in [0, 0.05) is 18.1 Å². The third kappa shape index (κ3) is 2.89. The van der Waals surface area contributed by atoms with Gasteiger partial charge in [-0.1, -0.05) is 38.1 Å². The molecule has 0 bridgehead atoms. The smallest absolute Gasteiger partial charge is 0.0481 e. The van der Waals surface area contributed by atoms with E-state index in [1.165, 1.54) is 43.2 Å². The van der Waals surface area contributed by atoms with Crippen LogP contribution < -0.4 is 5.32 Å². The molecule has 0 aliphatic heterocycles. The van der Waals surface area contributed by atoms with E-state index < -0.39 is 0 Å². The minimum Gasteiger partial charge on any atom is -0.312 e. The molecule has 1 aromatic rings. The summed E-state index contributed by atoms with van der Waals surface area (Å²) in [7, 11) is 4.46. The van der Waals surface area contributed by atoms with Crippen LogP contribution in [0.3, 0.4) is 0 Å². The first-order valence-corrected chi connectivity index (χ1v) is 8.49. The average molecular weight is 286 g/mol. The van der Waals surface area contributed by atoms with Crippen LogP contribution in [-0.2, 0) is 6.42 Å². The van der Waals surface area contributed by atoms with E-state index in [9.17, 15) is 0 Å². The van der Waals surface area contributed by atoms with Crippen LogP contribution in [-0.4, -0.2) is 31.1 Å². The Kier molecular flexibility index (Phi) is 4.11. The minimum atomic E-state index is 0.487. The van der Waals surface area contributed by atoms with Crippen molar-refractivity contribution in [3.63, 3.8) is 0 Å².